The molecule has 0 saturated carbocycles. The molecule has 0 bridgehead atoms. The molecule has 2 aliphatic rings. The Hall–Kier alpha value is -3.56. The number of carbonyl (C=O) groups is 1. The monoisotopic (exact) mass is 512 g/mol. The van der Waals surface area contributed by atoms with E-state index in [1.165, 1.54) is 27.5 Å². The second kappa shape index (κ2) is 8.25. The van der Waals surface area contributed by atoms with Crippen molar-refractivity contribution in [2.24, 2.45) is 0 Å². The summed E-state index contributed by atoms with van der Waals surface area (Å²) in [7, 11) is 0. The summed E-state index contributed by atoms with van der Waals surface area (Å²) in [5.41, 5.74) is -0.601. The molecule has 2 aromatic heterocycles. The van der Waals surface area contributed by atoms with Gasteiger partial charge in [0.1, 0.15) is 11.1 Å². The maximum atomic E-state index is 14.9. The Bertz CT molecular complexity index is 1580. The van der Waals surface area contributed by atoms with Crippen molar-refractivity contribution >= 4 is 34.1 Å². The number of anilines is 1. The minimum atomic E-state index is -4.74. The lowest BCUT2D eigenvalue weighted by atomic mass is 10.00. The fraction of sp³-hybridized carbons (Fsp3) is 0.231. The molecule has 0 atom stereocenters. The quantitative estimate of drug-likeness (QED) is 0.384. The number of hydrogen-bond acceptors (Lipinski definition) is 4. The summed E-state index contributed by atoms with van der Waals surface area (Å²) < 4.78 is 47.3. The van der Waals surface area contributed by atoms with Gasteiger partial charge in [-0.2, -0.15) is 13.2 Å². The predicted octanol–water partition coefficient (Wildman–Crippen LogP) is 4.60. The van der Waals surface area contributed by atoms with E-state index >= 15 is 0 Å². The zero-order valence-electron chi connectivity index (χ0n) is 18.9. The van der Waals surface area contributed by atoms with Gasteiger partial charge in [0.2, 0.25) is 5.43 Å². The Balaban J connectivity index is 1.74. The highest BCUT2D eigenvalue weighted by molar-refractivity contribution is 6.30. The summed E-state index contributed by atoms with van der Waals surface area (Å²) in [4.78, 5) is 28.4. The number of hydrogen-bond donors (Lipinski definition) is 1. The van der Waals surface area contributed by atoms with Crippen LogP contribution in [0, 0.1) is 0 Å². The van der Waals surface area contributed by atoms with Crippen molar-refractivity contribution < 1.29 is 18.0 Å². The van der Waals surface area contributed by atoms with Gasteiger partial charge in [0, 0.05) is 49.3 Å². The van der Waals surface area contributed by atoms with E-state index in [1.54, 1.807) is 41.3 Å². The molecule has 1 N–H and O–H groups in total. The van der Waals surface area contributed by atoms with E-state index in [9.17, 15) is 22.8 Å². The van der Waals surface area contributed by atoms with Gasteiger partial charge in [-0.1, -0.05) is 23.7 Å². The highest BCUT2D eigenvalue weighted by Crippen LogP contribution is 2.44. The minimum Gasteiger partial charge on any atom is -0.368 e. The van der Waals surface area contributed by atoms with E-state index in [-0.39, 0.29) is 34.4 Å². The molecule has 0 spiro atoms. The van der Waals surface area contributed by atoms with Gasteiger partial charge in [0.15, 0.2) is 0 Å². The van der Waals surface area contributed by atoms with Crippen molar-refractivity contribution in [3.05, 3.63) is 86.7 Å². The molecule has 1 saturated heterocycles. The van der Waals surface area contributed by atoms with Gasteiger partial charge in [0.05, 0.1) is 22.6 Å². The van der Waals surface area contributed by atoms with Gasteiger partial charge in [-0.05, 0) is 42.0 Å². The molecule has 184 valence electrons. The third kappa shape index (κ3) is 3.45. The number of alkyl halides is 3. The van der Waals surface area contributed by atoms with Crippen LogP contribution in [-0.4, -0.2) is 41.2 Å². The van der Waals surface area contributed by atoms with Crippen LogP contribution < -0.4 is 15.6 Å². The molecular formula is C26H20ClF3N4O2. The van der Waals surface area contributed by atoms with Gasteiger partial charge in [-0.25, -0.2) is 0 Å². The van der Waals surface area contributed by atoms with Crippen LogP contribution in [0.15, 0.2) is 59.5 Å². The molecule has 4 aromatic rings. The van der Waals surface area contributed by atoms with Gasteiger partial charge in [-0.15, -0.1) is 0 Å². The standard InChI is InChI=1S/C26H20ClF3N4O2/c27-16-5-3-15(4-6-16)14-34-22-17(24(35)20-23(34)19-2-1-11-33(19)25(20)36)7-8-18(21(22)26(28,29)30)32-12-9-31-10-13-32/h1-8,11,31H,9-10,12-14H2. The van der Waals surface area contributed by atoms with Gasteiger partial charge in [0.25, 0.3) is 5.91 Å². The molecule has 10 heteroatoms. The first kappa shape index (κ1) is 22.9. The predicted molar refractivity (Wildman–Crippen MR) is 132 cm³/mol. The molecule has 1 fully saturated rings. The van der Waals surface area contributed by atoms with Crippen LogP contribution in [-0.2, 0) is 12.7 Å². The average molecular weight is 513 g/mol. The van der Waals surface area contributed by atoms with Crippen LogP contribution in [0.4, 0.5) is 18.9 Å². The zero-order valence-corrected chi connectivity index (χ0v) is 19.7. The molecular weight excluding hydrogens is 493 g/mol. The molecule has 4 heterocycles. The largest absolute Gasteiger partial charge is 0.420 e. The lowest BCUT2D eigenvalue weighted by Crippen LogP contribution is -2.44. The van der Waals surface area contributed by atoms with Gasteiger partial charge >= 0.3 is 6.18 Å². The van der Waals surface area contributed by atoms with E-state index < -0.39 is 23.1 Å². The molecule has 2 aromatic carbocycles. The van der Waals surface area contributed by atoms with Gasteiger partial charge in [-0.3, -0.25) is 14.2 Å². The smallest absolute Gasteiger partial charge is 0.368 e. The molecule has 0 aliphatic carbocycles. The van der Waals surface area contributed by atoms with E-state index in [4.69, 9.17) is 11.6 Å². The lowest BCUT2D eigenvalue weighted by molar-refractivity contribution is -0.136. The number of fused-ring (bicyclic) bond motifs is 4. The van der Waals surface area contributed by atoms with Crippen LogP contribution >= 0.6 is 11.6 Å². The van der Waals surface area contributed by atoms with Crippen molar-refractivity contribution in [2.75, 3.05) is 31.1 Å². The molecule has 6 rings (SSSR count). The average Bonchev–Trinajstić information content (AvgIpc) is 3.44. The summed E-state index contributed by atoms with van der Waals surface area (Å²) in [6, 6.07) is 12.8. The Labute approximate surface area is 208 Å². The summed E-state index contributed by atoms with van der Waals surface area (Å²) >= 11 is 6.03. The number of nitrogens with zero attached hydrogens (tertiary/aromatic N) is 3. The van der Waals surface area contributed by atoms with E-state index in [1.807, 2.05) is 0 Å². The molecule has 0 radical (unpaired) electrons. The topological polar surface area (TPSA) is 59.3 Å². The maximum Gasteiger partial charge on any atom is 0.420 e. The second-order valence-electron chi connectivity index (χ2n) is 8.92. The normalized spacial score (nSPS) is 15.4. The number of aromatic nitrogens is 2. The number of halogens is 4. The number of benzene rings is 2. The first-order chi connectivity index (χ1) is 17.3. The second-order valence-corrected chi connectivity index (χ2v) is 9.36. The number of carbonyl (C=O) groups excluding carboxylic acids is 1. The fourth-order valence-corrected chi connectivity index (χ4v) is 5.37. The third-order valence-electron chi connectivity index (χ3n) is 6.82. The van der Waals surface area contributed by atoms with Crippen LogP contribution in [0.5, 0.6) is 0 Å². The number of piperazine rings is 1. The zero-order chi connectivity index (χ0) is 25.2. The number of nitrogens with one attached hydrogen (secondary N) is 1. The first-order valence-electron chi connectivity index (χ1n) is 11.5. The summed E-state index contributed by atoms with van der Waals surface area (Å²) in [5, 5.41) is 3.52. The minimum absolute atomic E-state index is 0.0167. The van der Waals surface area contributed by atoms with E-state index in [2.05, 4.69) is 5.32 Å². The highest BCUT2D eigenvalue weighted by Gasteiger charge is 2.41. The van der Waals surface area contributed by atoms with Crippen LogP contribution in [0.25, 0.3) is 22.3 Å². The van der Waals surface area contributed by atoms with Crippen molar-refractivity contribution in [3.8, 4) is 11.4 Å². The molecule has 36 heavy (non-hydrogen) atoms. The summed E-state index contributed by atoms with van der Waals surface area (Å²) in [6.07, 6.45) is -3.22. The third-order valence-corrected chi connectivity index (χ3v) is 7.08. The summed E-state index contributed by atoms with van der Waals surface area (Å²) in [5.74, 6) is -0.540. The number of rotatable bonds is 3. The highest BCUT2D eigenvalue weighted by atomic mass is 35.5. The van der Waals surface area contributed by atoms with Crippen molar-refractivity contribution in [2.45, 2.75) is 12.7 Å². The maximum absolute atomic E-state index is 14.9. The fourth-order valence-electron chi connectivity index (χ4n) is 5.25. The Kier molecular flexibility index (Phi) is 5.24. The van der Waals surface area contributed by atoms with Crippen LogP contribution in [0.3, 0.4) is 0 Å². The van der Waals surface area contributed by atoms with Crippen molar-refractivity contribution in [1.82, 2.24) is 14.5 Å². The van der Waals surface area contributed by atoms with E-state index in [0.29, 0.717) is 42.5 Å². The Morgan fingerprint density at radius 1 is 0.972 bits per heavy atom. The Morgan fingerprint density at radius 3 is 2.39 bits per heavy atom. The Morgan fingerprint density at radius 2 is 1.69 bits per heavy atom. The molecule has 2 aliphatic heterocycles. The van der Waals surface area contributed by atoms with Crippen LogP contribution in [0.1, 0.15) is 21.5 Å². The molecule has 0 amide bonds. The van der Waals surface area contributed by atoms with Gasteiger partial charge < -0.3 is 14.8 Å². The SMILES string of the molecule is O=C1c2c(n(Cc3ccc(Cl)cc3)c3c(C(F)(F)F)c(N4CCNCC4)ccc3c2=O)-c2cccn21. The van der Waals surface area contributed by atoms with E-state index in [0.717, 1.165) is 0 Å². The lowest BCUT2D eigenvalue weighted by Gasteiger charge is -2.32. The van der Waals surface area contributed by atoms with Crippen molar-refractivity contribution in [1.29, 1.82) is 0 Å². The summed E-state index contributed by atoms with van der Waals surface area (Å²) in [6.45, 7) is 1.94. The molecule has 0 unspecified atom stereocenters. The number of pyridine rings is 1. The van der Waals surface area contributed by atoms with Crippen molar-refractivity contribution in [3.63, 3.8) is 0 Å². The molecule has 6 nitrogen and oxygen atoms in total. The van der Waals surface area contributed by atoms with Crippen LogP contribution in [0.2, 0.25) is 5.02 Å². The first-order valence-corrected chi connectivity index (χ1v) is 11.9.